The van der Waals surface area contributed by atoms with Crippen LogP contribution in [0.5, 0.6) is 0 Å². The van der Waals surface area contributed by atoms with Gasteiger partial charge in [-0.1, -0.05) is 36.4 Å². The number of likely N-dealkylation sites (tertiary alicyclic amines) is 1. The van der Waals surface area contributed by atoms with Gasteiger partial charge in [0.05, 0.1) is 18.1 Å². The minimum absolute atomic E-state index is 0.0486. The van der Waals surface area contributed by atoms with Crippen LogP contribution in [0.15, 0.2) is 48.5 Å². The van der Waals surface area contributed by atoms with E-state index in [0.717, 1.165) is 16.7 Å². The van der Waals surface area contributed by atoms with Crippen LogP contribution in [-0.2, 0) is 22.6 Å². The lowest BCUT2D eigenvalue weighted by Crippen LogP contribution is -2.42. The minimum atomic E-state index is -0.454. The maximum absolute atomic E-state index is 12.5. The van der Waals surface area contributed by atoms with Crippen molar-refractivity contribution >= 4 is 11.8 Å². The van der Waals surface area contributed by atoms with Gasteiger partial charge in [0.15, 0.2) is 0 Å². The first-order valence-electron chi connectivity index (χ1n) is 8.68. The van der Waals surface area contributed by atoms with E-state index in [1.54, 1.807) is 17.0 Å². The van der Waals surface area contributed by atoms with Gasteiger partial charge in [-0.2, -0.15) is 5.26 Å². The minimum Gasteiger partial charge on any atom is -0.344 e. The standard InChI is InChI=1S/C21H21N3O2/c1-15-4-2-3-5-18(15)12-20(25)23-19-10-11-24(21(19)26)14-17-8-6-16(13-22)7-9-17/h2-9,19H,10-12,14H2,1H3,(H,23,25). The Bertz CT molecular complexity index is 852. The molecule has 1 saturated heterocycles. The summed E-state index contributed by atoms with van der Waals surface area (Å²) in [6.07, 6.45) is 0.903. The van der Waals surface area contributed by atoms with E-state index >= 15 is 0 Å². The van der Waals surface area contributed by atoms with E-state index in [9.17, 15) is 9.59 Å². The highest BCUT2D eigenvalue weighted by molar-refractivity contribution is 5.89. The van der Waals surface area contributed by atoms with Crippen LogP contribution in [-0.4, -0.2) is 29.3 Å². The summed E-state index contributed by atoms with van der Waals surface area (Å²) in [6.45, 7) is 3.09. The lowest BCUT2D eigenvalue weighted by molar-refractivity contribution is -0.132. The number of nitrogens with zero attached hydrogens (tertiary/aromatic N) is 2. The van der Waals surface area contributed by atoms with Crippen molar-refractivity contribution in [3.8, 4) is 6.07 Å². The third-order valence-electron chi connectivity index (χ3n) is 4.70. The van der Waals surface area contributed by atoms with Gasteiger partial charge in [0.2, 0.25) is 11.8 Å². The van der Waals surface area contributed by atoms with Crippen molar-refractivity contribution in [2.75, 3.05) is 6.54 Å². The molecule has 1 atom stereocenters. The highest BCUT2D eigenvalue weighted by Gasteiger charge is 2.32. The Hall–Kier alpha value is -3.13. The second-order valence-corrected chi connectivity index (χ2v) is 6.58. The molecule has 132 valence electrons. The van der Waals surface area contributed by atoms with Gasteiger partial charge in [0.25, 0.3) is 0 Å². The summed E-state index contributed by atoms with van der Waals surface area (Å²) >= 11 is 0. The van der Waals surface area contributed by atoms with E-state index in [-0.39, 0.29) is 18.2 Å². The van der Waals surface area contributed by atoms with Gasteiger partial charge in [-0.3, -0.25) is 9.59 Å². The van der Waals surface area contributed by atoms with Gasteiger partial charge < -0.3 is 10.2 Å². The van der Waals surface area contributed by atoms with E-state index in [1.165, 1.54) is 0 Å². The van der Waals surface area contributed by atoms with Crippen LogP contribution in [0.4, 0.5) is 0 Å². The summed E-state index contributed by atoms with van der Waals surface area (Å²) in [5, 5.41) is 11.7. The maximum Gasteiger partial charge on any atom is 0.245 e. The summed E-state index contributed by atoms with van der Waals surface area (Å²) in [6, 6.07) is 16.6. The van der Waals surface area contributed by atoms with Crippen LogP contribution in [0.3, 0.4) is 0 Å². The lowest BCUT2D eigenvalue weighted by atomic mass is 10.1. The summed E-state index contributed by atoms with van der Waals surface area (Å²) in [4.78, 5) is 26.6. The number of nitrogens with one attached hydrogen (secondary N) is 1. The zero-order valence-corrected chi connectivity index (χ0v) is 14.7. The molecule has 2 amide bonds. The Morgan fingerprint density at radius 3 is 2.65 bits per heavy atom. The zero-order valence-electron chi connectivity index (χ0n) is 14.7. The van der Waals surface area contributed by atoms with Crippen LogP contribution in [0.2, 0.25) is 0 Å². The molecule has 0 aliphatic carbocycles. The molecule has 5 nitrogen and oxygen atoms in total. The van der Waals surface area contributed by atoms with Gasteiger partial charge in [0.1, 0.15) is 6.04 Å². The van der Waals surface area contributed by atoms with E-state index in [4.69, 9.17) is 5.26 Å². The van der Waals surface area contributed by atoms with Crippen molar-refractivity contribution in [2.45, 2.75) is 32.4 Å². The molecule has 1 fully saturated rings. The van der Waals surface area contributed by atoms with Gasteiger partial charge in [-0.15, -0.1) is 0 Å². The van der Waals surface area contributed by atoms with Crippen LogP contribution >= 0.6 is 0 Å². The highest BCUT2D eigenvalue weighted by atomic mass is 16.2. The molecule has 0 bridgehead atoms. The second-order valence-electron chi connectivity index (χ2n) is 6.58. The summed E-state index contributed by atoms with van der Waals surface area (Å²) in [7, 11) is 0. The van der Waals surface area contributed by atoms with Gasteiger partial charge in [0, 0.05) is 13.1 Å². The molecule has 26 heavy (non-hydrogen) atoms. The Morgan fingerprint density at radius 1 is 1.23 bits per heavy atom. The fourth-order valence-electron chi connectivity index (χ4n) is 3.16. The molecule has 1 unspecified atom stereocenters. The number of rotatable bonds is 5. The number of carbonyl (C=O) groups excluding carboxylic acids is 2. The number of amides is 2. The molecule has 0 spiro atoms. The Kier molecular flexibility index (Phi) is 5.33. The topological polar surface area (TPSA) is 73.2 Å². The predicted octanol–water partition coefficient (Wildman–Crippen LogP) is 2.33. The van der Waals surface area contributed by atoms with Crippen molar-refractivity contribution in [3.63, 3.8) is 0 Å². The number of nitriles is 1. The molecule has 1 heterocycles. The highest BCUT2D eigenvalue weighted by Crippen LogP contribution is 2.16. The maximum atomic E-state index is 12.5. The van der Waals surface area contributed by atoms with Crippen LogP contribution in [0, 0.1) is 18.3 Å². The molecule has 1 aliphatic heterocycles. The zero-order chi connectivity index (χ0) is 18.5. The average Bonchev–Trinajstić information content (AvgIpc) is 2.97. The fourth-order valence-corrected chi connectivity index (χ4v) is 3.16. The second kappa shape index (κ2) is 7.83. The largest absolute Gasteiger partial charge is 0.344 e. The van der Waals surface area contributed by atoms with Crippen LogP contribution in [0.1, 0.15) is 28.7 Å². The monoisotopic (exact) mass is 347 g/mol. The molecule has 1 N–H and O–H groups in total. The third kappa shape index (κ3) is 4.09. The molecule has 2 aromatic carbocycles. The molecule has 0 aromatic heterocycles. The first kappa shape index (κ1) is 17.7. The smallest absolute Gasteiger partial charge is 0.245 e. The molecule has 0 saturated carbocycles. The quantitative estimate of drug-likeness (QED) is 0.902. The van der Waals surface area contributed by atoms with Crippen molar-refractivity contribution in [1.29, 1.82) is 5.26 Å². The average molecular weight is 347 g/mol. The summed E-state index contributed by atoms with van der Waals surface area (Å²) < 4.78 is 0. The number of benzene rings is 2. The number of aryl methyl sites for hydroxylation is 1. The number of carbonyl (C=O) groups is 2. The molecule has 5 heteroatoms. The molecule has 1 aliphatic rings. The van der Waals surface area contributed by atoms with Crippen molar-refractivity contribution in [3.05, 3.63) is 70.8 Å². The Labute approximate surface area is 153 Å². The van der Waals surface area contributed by atoms with Crippen molar-refractivity contribution in [1.82, 2.24) is 10.2 Å². The molecular weight excluding hydrogens is 326 g/mol. The Balaban J connectivity index is 1.56. The number of hydrogen-bond acceptors (Lipinski definition) is 3. The van der Waals surface area contributed by atoms with Gasteiger partial charge in [-0.25, -0.2) is 0 Å². The lowest BCUT2D eigenvalue weighted by Gasteiger charge is -2.17. The first-order valence-corrected chi connectivity index (χ1v) is 8.68. The Morgan fingerprint density at radius 2 is 1.96 bits per heavy atom. The van der Waals surface area contributed by atoms with Crippen LogP contribution < -0.4 is 5.32 Å². The first-order chi connectivity index (χ1) is 12.6. The SMILES string of the molecule is Cc1ccccc1CC(=O)NC1CCN(Cc2ccc(C#N)cc2)C1=O. The van der Waals surface area contributed by atoms with Crippen molar-refractivity contribution in [2.24, 2.45) is 0 Å². The van der Waals surface area contributed by atoms with E-state index in [1.807, 2.05) is 43.3 Å². The molecule has 0 radical (unpaired) electrons. The van der Waals surface area contributed by atoms with E-state index in [0.29, 0.717) is 25.1 Å². The van der Waals surface area contributed by atoms with Gasteiger partial charge >= 0.3 is 0 Å². The fraction of sp³-hybridized carbons (Fsp3) is 0.286. The summed E-state index contributed by atoms with van der Waals surface area (Å²) in [5.41, 5.74) is 3.62. The molecule has 3 rings (SSSR count). The van der Waals surface area contributed by atoms with E-state index in [2.05, 4.69) is 11.4 Å². The number of hydrogen-bond donors (Lipinski definition) is 1. The predicted molar refractivity (Wildman–Crippen MR) is 98.0 cm³/mol. The normalized spacial score (nSPS) is 16.4. The molecule has 2 aromatic rings. The van der Waals surface area contributed by atoms with Gasteiger partial charge in [-0.05, 0) is 42.2 Å². The third-order valence-corrected chi connectivity index (χ3v) is 4.70. The van der Waals surface area contributed by atoms with E-state index < -0.39 is 6.04 Å². The molecular formula is C21H21N3O2. The summed E-state index contributed by atoms with van der Waals surface area (Å²) in [5.74, 6) is -0.176. The van der Waals surface area contributed by atoms with Crippen LogP contribution in [0.25, 0.3) is 0 Å². The van der Waals surface area contributed by atoms with Crippen molar-refractivity contribution < 1.29 is 9.59 Å².